The number of Topliss-reactive ketones (excluding diaryl/α,β-unsaturated/α-hetero) is 1. The highest BCUT2D eigenvalue weighted by Crippen LogP contribution is 2.31. The van der Waals surface area contributed by atoms with Gasteiger partial charge in [0.1, 0.15) is 18.1 Å². The normalized spacial score (nSPS) is 18.6. The monoisotopic (exact) mass is 804 g/mol. The van der Waals surface area contributed by atoms with E-state index in [0.717, 1.165) is 19.3 Å². The second kappa shape index (κ2) is 20.7. The summed E-state index contributed by atoms with van der Waals surface area (Å²) in [6.07, 6.45) is 3.35. The molecule has 4 rings (SSSR count). The van der Waals surface area contributed by atoms with Crippen LogP contribution in [0.2, 0.25) is 0 Å². The minimum absolute atomic E-state index is 0.0129. The lowest BCUT2D eigenvalue weighted by atomic mass is 9.83. The Bertz CT molecular complexity index is 1820. The average Bonchev–Trinajstić information content (AvgIpc) is 3.59. The molecule has 16 nitrogen and oxygen atoms in total. The van der Waals surface area contributed by atoms with E-state index in [1.165, 1.54) is 4.90 Å². The van der Waals surface area contributed by atoms with Crippen LogP contribution in [0.3, 0.4) is 0 Å². The lowest BCUT2D eigenvalue weighted by Gasteiger charge is -2.35. The minimum atomic E-state index is -1.30. The van der Waals surface area contributed by atoms with Crippen LogP contribution in [0, 0.1) is 5.92 Å². The number of hydrogen-bond acceptors (Lipinski definition) is 9. The van der Waals surface area contributed by atoms with Crippen molar-refractivity contribution in [3.05, 3.63) is 71.3 Å². The Hall–Kier alpha value is -5.64. The maximum Gasteiger partial charge on any atom is 0.307 e. The number of amides is 6. The summed E-state index contributed by atoms with van der Waals surface area (Å²) in [6.45, 7) is 6.54. The molecule has 0 spiro atoms. The Morgan fingerprint density at radius 2 is 1.52 bits per heavy atom. The van der Waals surface area contributed by atoms with Gasteiger partial charge in [-0.1, -0.05) is 80.8 Å². The number of rotatable bonds is 18. The number of likely N-dealkylation sites (tertiary alicyclic amines) is 1. The van der Waals surface area contributed by atoms with Crippen molar-refractivity contribution in [2.45, 2.75) is 121 Å². The summed E-state index contributed by atoms with van der Waals surface area (Å²) in [5.41, 5.74) is 6.40. The van der Waals surface area contributed by atoms with Gasteiger partial charge in [0, 0.05) is 13.0 Å². The van der Waals surface area contributed by atoms with Crippen molar-refractivity contribution in [2.24, 2.45) is 11.7 Å². The van der Waals surface area contributed by atoms with Crippen molar-refractivity contribution in [1.29, 1.82) is 0 Å². The van der Waals surface area contributed by atoms with Crippen molar-refractivity contribution in [3.63, 3.8) is 0 Å². The zero-order valence-corrected chi connectivity index (χ0v) is 33.6. The fraction of sp³-hybridized carbons (Fsp3) is 0.524. The summed E-state index contributed by atoms with van der Waals surface area (Å²) in [6, 6.07) is 10.4. The van der Waals surface area contributed by atoms with E-state index in [2.05, 4.69) is 21.3 Å². The van der Waals surface area contributed by atoms with Crippen LogP contribution in [0.25, 0.3) is 0 Å². The Balaban J connectivity index is 1.47. The second-order valence-corrected chi connectivity index (χ2v) is 15.9. The zero-order valence-electron chi connectivity index (χ0n) is 33.6. The molecule has 5 atom stereocenters. The third-order valence-corrected chi connectivity index (χ3v) is 10.2. The van der Waals surface area contributed by atoms with Gasteiger partial charge in [0.2, 0.25) is 35.3 Å². The maximum absolute atomic E-state index is 14.6. The first-order valence-corrected chi connectivity index (χ1v) is 19.8. The third-order valence-electron chi connectivity index (χ3n) is 10.2. The molecule has 58 heavy (non-hydrogen) atoms. The van der Waals surface area contributed by atoms with Crippen LogP contribution in [-0.4, -0.2) is 100 Å². The summed E-state index contributed by atoms with van der Waals surface area (Å²) in [4.78, 5) is 106. The topological polar surface area (TPSA) is 243 Å². The van der Waals surface area contributed by atoms with Crippen LogP contribution >= 0.6 is 0 Å². The molecule has 2 aromatic carbocycles. The Labute approximate surface area is 338 Å². The molecule has 16 heteroatoms. The van der Waals surface area contributed by atoms with Gasteiger partial charge in [0.15, 0.2) is 0 Å². The van der Waals surface area contributed by atoms with E-state index < -0.39 is 89.6 Å². The van der Waals surface area contributed by atoms with Gasteiger partial charge in [-0.15, -0.1) is 0 Å². The first-order chi connectivity index (χ1) is 27.4. The van der Waals surface area contributed by atoms with Gasteiger partial charge in [0.05, 0.1) is 37.1 Å². The summed E-state index contributed by atoms with van der Waals surface area (Å²) >= 11 is 0. The highest BCUT2D eigenvalue weighted by Gasteiger charge is 2.46. The highest BCUT2D eigenvalue weighted by molar-refractivity contribution is 6.38. The molecule has 1 unspecified atom stereocenters. The van der Waals surface area contributed by atoms with Crippen molar-refractivity contribution in [2.75, 3.05) is 13.1 Å². The quantitative estimate of drug-likeness (QED) is 0.119. The fourth-order valence-electron chi connectivity index (χ4n) is 7.54. The molecule has 0 aromatic heterocycles. The lowest BCUT2D eigenvalue weighted by Crippen LogP contribution is -2.58. The number of primary amides is 1. The maximum atomic E-state index is 14.6. The van der Waals surface area contributed by atoms with E-state index in [0.29, 0.717) is 29.5 Å². The zero-order chi connectivity index (χ0) is 42.6. The van der Waals surface area contributed by atoms with E-state index in [1.807, 2.05) is 20.8 Å². The molecule has 2 aliphatic rings. The van der Waals surface area contributed by atoms with Crippen molar-refractivity contribution >= 4 is 47.2 Å². The molecule has 1 saturated heterocycles. The molecule has 0 radical (unpaired) electrons. The van der Waals surface area contributed by atoms with Crippen LogP contribution in [0.15, 0.2) is 54.6 Å². The molecule has 1 heterocycles. The van der Waals surface area contributed by atoms with Crippen LogP contribution in [0.4, 0.5) is 0 Å². The number of carboxylic acids is 1. The van der Waals surface area contributed by atoms with Crippen molar-refractivity contribution < 1.29 is 48.2 Å². The number of ketones is 1. The van der Waals surface area contributed by atoms with Crippen LogP contribution in [0.5, 0.6) is 0 Å². The number of aliphatic carboxylic acids is 1. The molecule has 7 N–H and O–H groups in total. The van der Waals surface area contributed by atoms with E-state index in [1.54, 1.807) is 61.5 Å². The van der Waals surface area contributed by atoms with Gasteiger partial charge in [-0.3, -0.25) is 38.4 Å². The number of hydrogen-bond donors (Lipinski definition) is 6. The standard InChI is InChI=1S/C42H56N6O10/c1-5-30(37(53)40(56)44-23-33(50)47-35(38(43)54)27-15-8-6-9-16-27)45-39(55)31-22-29(58-42(2,3)4)24-48(31)41(57)36(28-17-10-7-11-18-28)46-32(49)20-25-13-12-14-26(19-25)21-34(51)52/h6,8-9,12-16,19,28-31,35-36H,5,7,10-11,17-18,20-24H2,1-4H3,(H2,43,54)(H,44,56)(H,45,55)(H,46,49)(H,47,50)(H,51,52)/t29-,30?,31+,35+,36+/m1/s1. The molecule has 1 aliphatic carbocycles. The smallest absolute Gasteiger partial charge is 0.307 e. The first-order valence-electron chi connectivity index (χ1n) is 19.8. The van der Waals surface area contributed by atoms with E-state index in [9.17, 15) is 43.5 Å². The second-order valence-electron chi connectivity index (χ2n) is 15.9. The molecule has 6 amide bonds. The molecule has 2 aromatic rings. The lowest BCUT2D eigenvalue weighted by molar-refractivity contribution is -0.144. The number of carboxylic acid groups (broad SMARTS) is 1. The summed E-state index contributed by atoms with van der Waals surface area (Å²) in [5.74, 6) is -6.54. The van der Waals surface area contributed by atoms with Gasteiger partial charge in [-0.05, 0) is 62.6 Å². The highest BCUT2D eigenvalue weighted by atomic mass is 16.5. The molecule has 0 bridgehead atoms. The van der Waals surface area contributed by atoms with E-state index in [-0.39, 0.29) is 38.1 Å². The minimum Gasteiger partial charge on any atom is -0.481 e. The van der Waals surface area contributed by atoms with Crippen molar-refractivity contribution in [3.8, 4) is 0 Å². The summed E-state index contributed by atoms with van der Waals surface area (Å²) in [5, 5.41) is 19.5. The molecule has 1 saturated carbocycles. The number of benzene rings is 2. The van der Waals surface area contributed by atoms with E-state index >= 15 is 0 Å². The summed E-state index contributed by atoms with van der Waals surface area (Å²) in [7, 11) is 0. The SMILES string of the molecule is CCC(NC(=O)[C@@H]1C[C@@H](OC(C)(C)C)CN1C(=O)[C@@H](NC(=O)Cc1cccc(CC(=O)O)c1)C1CCCCC1)C(=O)C(=O)NCC(=O)N[C@H](C(N)=O)c1ccccc1. The third kappa shape index (κ3) is 13.2. The largest absolute Gasteiger partial charge is 0.481 e. The van der Waals surface area contributed by atoms with E-state index in [4.69, 9.17) is 10.5 Å². The summed E-state index contributed by atoms with van der Waals surface area (Å²) < 4.78 is 6.22. The number of carbonyl (C=O) groups is 8. The van der Waals surface area contributed by atoms with Gasteiger partial charge < -0.3 is 41.7 Å². The van der Waals surface area contributed by atoms with Gasteiger partial charge in [-0.25, -0.2) is 0 Å². The Kier molecular flexibility index (Phi) is 16.1. The van der Waals surface area contributed by atoms with Crippen LogP contribution < -0.4 is 27.0 Å². The number of nitrogens with two attached hydrogens (primary N) is 1. The first kappa shape index (κ1) is 45.1. The van der Waals surface area contributed by atoms with Gasteiger partial charge in [0.25, 0.3) is 5.91 Å². The predicted molar refractivity (Wildman–Crippen MR) is 211 cm³/mol. The molecular formula is C42H56N6O10. The van der Waals surface area contributed by atoms with Crippen molar-refractivity contribution in [1.82, 2.24) is 26.2 Å². The number of carbonyl (C=O) groups excluding carboxylic acids is 7. The van der Waals surface area contributed by atoms with Crippen LogP contribution in [0.1, 0.15) is 95.4 Å². The fourth-order valence-corrected chi connectivity index (χ4v) is 7.54. The van der Waals surface area contributed by atoms with Gasteiger partial charge in [-0.2, -0.15) is 0 Å². The number of ether oxygens (including phenoxy) is 1. The predicted octanol–water partition coefficient (Wildman–Crippen LogP) is 1.63. The Morgan fingerprint density at radius 3 is 2.12 bits per heavy atom. The molecule has 2 fully saturated rings. The number of nitrogens with one attached hydrogen (secondary N) is 4. The Morgan fingerprint density at radius 1 is 0.862 bits per heavy atom. The van der Waals surface area contributed by atoms with Gasteiger partial charge >= 0.3 is 5.97 Å². The molecule has 1 aliphatic heterocycles. The average molecular weight is 805 g/mol. The number of nitrogens with zero attached hydrogens (tertiary/aromatic N) is 1. The molecule has 314 valence electrons. The molecular weight excluding hydrogens is 748 g/mol. The van der Waals surface area contributed by atoms with Crippen LogP contribution in [-0.2, 0) is 55.9 Å².